The van der Waals surface area contributed by atoms with Gasteiger partial charge in [0, 0.05) is 23.4 Å². The van der Waals surface area contributed by atoms with Crippen LogP contribution in [0.5, 0.6) is 0 Å². The number of thiocarbonyl (C=S) groups is 1. The molecule has 1 aromatic carbocycles. The Morgan fingerprint density at radius 3 is 2.52 bits per heavy atom. The van der Waals surface area contributed by atoms with Gasteiger partial charge in [-0.3, -0.25) is 4.90 Å². The molecule has 0 amide bonds. The molecule has 2 nitrogen and oxygen atoms in total. The Kier molecular flexibility index (Phi) is 5.91. The third-order valence-electron chi connectivity index (χ3n) is 3.84. The minimum Gasteiger partial charge on any atom is -0.393 e. The number of likely N-dealkylation sites (N-methyl/N-ethyl adjacent to an activating group) is 1. The van der Waals surface area contributed by atoms with Gasteiger partial charge in [0.25, 0.3) is 0 Å². The molecule has 2 unspecified atom stereocenters. The Labute approximate surface area is 136 Å². The fraction of sp³-hybridized carbons (Fsp3) is 0.353. The molecule has 2 aromatic rings. The molecule has 0 bridgehead atoms. The molecule has 0 aliphatic carbocycles. The zero-order chi connectivity index (χ0) is 15.2. The second-order valence-electron chi connectivity index (χ2n) is 5.39. The van der Waals surface area contributed by atoms with Gasteiger partial charge >= 0.3 is 0 Å². The van der Waals surface area contributed by atoms with E-state index in [-0.39, 0.29) is 6.04 Å². The first-order chi connectivity index (χ1) is 10.1. The molecule has 0 aliphatic rings. The van der Waals surface area contributed by atoms with Crippen LogP contribution in [-0.4, -0.2) is 23.0 Å². The lowest BCUT2D eigenvalue weighted by atomic mass is 10.00. The Balaban J connectivity index is 2.13. The van der Waals surface area contributed by atoms with Crippen LogP contribution in [0.2, 0.25) is 0 Å². The summed E-state index contributed by atoms with van der Waals surface area (Å²) in [6.07, 6.45) is 1.76. The third kappa shape index (κ3) is 4.63. The maximum atomic E-state index is 5.81. The molecule has 1 heterocycles. The van der Waals surface area contributed by atoms with Gasteiger partial charge in [-0.2, -0.15) is 0 Å². The molecule has 1 aromatic heterocycles. The summed E-state index contributed by atoms with van der Waals surface area (Å²) < 4.78 is 0. The van der Waals surface area contributed by atoms with Gasteiger partial charge in [0.2, 0.25) is 0 Å². The van der Waals surface area contributed by atoms with Gasteiger partial charge in [0.15, 0.2) is 0 Å². The van der Waals surface area contributed by atoms with Crippen molar-refractivity contribution in [3.63, 3.8) is 0 Å². The minimum absolute atomic E-state index is 0.235. The van der Waals surface area contributed by atoms with Crippen LogP contribution in [0.4, 0.5) is 0 Å². The summed E-state index contributed by atoms with van der Waals surface area (Å²) in [6.45, 7) is 2.26. The van der Waals surface area contributed by atoms with Crippen molar-refractivity contribution in [3.8, 4) is 0 Å². The third-order valence-corrected chi connectivity index (χ3v) is 4.91. The first-order valence-electron chi connectivity index (χ1n) is 7.15. The van der Waals surface area contributed by atoms with E-state index in [1.165, 1.54) is 10.4 Å². The van der Waals surface area contributed by atoms with Gasteiger partial charge in [-0.25, -0.2) is 0 Å². The Bertz CT molecular complexity index is 551. The highest BCUT2D eigenvalue weighted by Gasteiger charge is 2.22. The van der Waals surface area contributed by atoms with Crippen molar-refractivity contribution in [1.82, 2.24) is 4.90 Å². The van der Waals surface area contributed by atoms with Crippen molar-refractivity contribution in [2.45, 2.75) is 31.8 Å². The first kappa shape index (κ1) is 16.1. The SMILES string of the molecule is CC(Cc1cccs1)N(C)C(CC(N)=S)c1ccccc1. The minimum atomic E-state index is 0.235. The highest BCUT2D eigenvalue weighted by atomic mass is 32.1. The molecule has 2 N–H and O–H groups in total. The van der Waals surface area contributed by atoms with E-state index in [1.54, 1.807) is 0 Å². The van der Waals surface area contributed by atoms with Crippen molar-refractivity contribution < 1.29 is 0 Å². The molecule has 21 heavy (non-hydrogen) atoms. The molecule has 112 valence electrons. The van der Waals surface area contributed by atoms with Crippen LogP contribution >= 0.6 is 23.6 Å². The lowest BCUT2D eigenvalue weighted by molar-refractivity contribution is 0.188. The van der Waals surface area contributed by atoms with Crippen molar-refractivity contribution >= 4 is 28.5 Å². The Morgan fingerprint density at radius 2 is 1.95 bits per heavy atom. The van der Waals surface area contributed by atoms with Crippen molar-refractivity contribution in [2.24, 2.45) is 5.73 Å². The van der Waals surface area contributed by atoms with Crippen LogP contribution in [0.1, 0.15) is 29.8 Å². The molecular weight excluding hydrogens is 296 g/mol. The smallest absolute Gasteiger partial charge is 0.0746 e. The number of nitrogens with zero attached hydrogens (tertiary/aromatic N) is 1. The molecule has 4 heteroatoms. The van der Waals surface area contributed by atoms with Crippen molar-refractivity contribution in [3.05, 3.63) is 58.3 Å². The number of thiophene rings is 1. The fourth-order valence-electron chi connectivity index (χ4n) is 2.53. The molecular formula is C17H22N2S2. The zero-order valence-corrected chi connectivity index (χ0v) is 14.2. The van der Waals surface area contributed by atoms with Gasteiger partial charge in [-0.15, -0.1) is 11.3 Å². The maximum absolute atomic E-state index is 5.81. The zero-order valence-electron chi connectivity index (χ0n) is 12.5. The highest BCUT2D eigenvalue weighted by molar-refractivity contribution is 7.80. The summed E-state index contributed by atoms with van der Waals surface area (Å²) in [5, 5.41) is 2.13. The van der Waals surface area contributed by atoms with Crippen molar-refractivity contribution in [2.75, 3.05) is 7.05 Å². The van der Waals surface area contributed by atoms with E-state index in [0.717, 1.165) is 6.42 Å². The second kappa shape index (κ2) is 7.69. The van der Waals surface area contributed by atoms with Gasteiger partial charge in [0.1, 0.15) is 0 Å². The van der Waals surface area contributed by atoms with Crippen molar-refractivity contribution in [1.29, 1.82) is 0 Å². The van der Waals surface area contributed by atoms with E-state index in [1.807, 2.05) is 17.4 Å². The molecule has 2 atom stereocenters. The summed E-state index contributed by atoms with van der Waals surface area (Å²) in [6, 6.07) is 15.4. The van der Waals surface area contributed by atoms with Crippen LogP contribution in [0, 0.1) is 0 Å². The largest absolute Gasteiger partial charge is 0.393 e. The summed E-state index contributed by atoms with van der Waals surface area (Å²) in [5.41, 5.74) is 7.08. The second-order valence-corrected chi connectivity index (χ2v) is 6.95. The molecule has 0 radical (unpaired) electrons. The number of hydrogen-bond acceptors (Lipinski definition) is 3. The van der Waals surface area contributed by atoms with Gasteiger partial charge < -0.3 is 5.73 Å². The van der Waals surface area contributed by atoms with Crippen LogP contribution in [0.25, 0.3) is 0 Å². The highest BCUT2D eigenvalue weighted by Crippen LogP contribution is 2.26. The summed E-state index contributed by atoms with van der Waals surface area (Å²) in [4.78, 5) is 4.37. The molecule has 2 rings (SSSR count). The summed E-state index contributed by atoms with van der Waals surface area (Å²) >= 11 is 6.96. The van der Waals surface area contributed by atoms with Crippen LogP contribution in [0.3, 0.4) is 0 Å². The van der Waals surface area contributed by atoms with Crippen LogP contribution in [0.15, 0.2) is 47.8 Å². The number of benzene rings is 1. The predicted octanol–water partition coefficient (Wildman–Crippen LogP) is 4.03. The molecule has 0 spiro atoms. The monoisotopic (exact) mass is 318 g/mol. The average molecular weight is 319 g/mol. The summed E-state index contributed by atoms with van der Waals surface area (Å²) in [5.74, 6) is 0. The predicted molar refractivity (Wildman–Crippen MR) is 95.8 cm³/mol. The summed E-state index contributed by atoms with van der Waals surface area (Å²) in [7, 11) is 2.16. The topological polar surface area (TPSA) is 29.3 Å². The lowest BCUT2D eigenvalue weighted by Gasteiger charge is -2.33. The van der Waals surface area contributed by atoms with E-state index >= 15 is 0 Å². The lowest BCUT2D eigenvalue weighted by Crippen LogP contribution is -2.36. The quantitative estimate of drug-likeness (QED) is 0.782. The first-order valence-corrected chi connectivity index (χ1v) is 8.44. The molecule has 0 saturated carbocycles. The Hall–Kier alpha value is -1.23. The van der Waals surface area contributed by atoms with E-state index in [9.17, 15) is 0 Å². The molecule has 0 fully saturated rings. The standard InChI is InChI=1S/C17H22N2S2/c1-13(11-15-9-6-10-21-15)19(2)16(12-17(18)20)14-7-4-3-5-8-14/h3-10,13,16H,11-12H2,1-2H3,(H2,18,20). The van der Waals surface area contributed by atoms with Gasteiger partial charge in [0.05, 0.1) is 4.99 Å². The molecule has 0 saturated heterocycles. The van der Waals surface area contributed by atoms with E-state index in [2.05, 4.69) is 60.6 Å². The number of hydrogen-bond donors (Lipinski definition) is 1. The fourth-order valence-corrected chi connectivity index (χ4v) is 3.52. The number of rotatable bonds is 7. The van der Waals surface area contributed by atoms with E-state index in [4.69, 9.17) is 18.0 Å². The number of nitrogens with two attached hydrogens (primary N) is 1. The molecule has 0 aliphatic heterocycles. The van der Waals surface area contributed by atoms with Gasteiger partial charge in [-0.1, -0.05) is 48.6 Å². The van der Waals surface area contributed by atoms with E-state index in [0.29, 0.717) is 17.5 Å². The maximum Gasteiger partial charge on any atom is 0.0746 e. The Morgan fingerprint density at radius 1 is 1.24 bits per heavy atom. The van der Waals surface area contributed by atoms with Crippen LogP contribution < -0.4 is 5.73 Å². The average Bonchev–Trinajstić information content (AvgIpc) is 2.97. The van der Waals surface area contributed by atoms with Crippen LogP contribution in [-0.2, 0) is 6.42 Å². The van der Waals surface area contributed by atoms with E-state index < -0.39 is 0 Å². The normalized spacial score (nSPS) is 14.0. The van der Waals surface area contributed by atoms with Gasteiger partial charge in [-0.05, 0) is 37.4 Å².